The summed E-state index contributed by atoms with van der Waals surface area (Å²) >= 11 is 5.21. The monoisotopic (exact) mass is 308 g/mol. The van der Waals surface area contributed by atoms with Crippen LogP contribution < -0.4 is 20.1 Å². The second-order valence-corrected chi connectivity index (χ2v) is 5.57. The molecule has 0 amide bonds. The number of hydrogen-bond acceptors (Lipinski definition) is 5. The van der Waals surface area contributed by atoms with Crippen LogP contribution in [0.1, 0.15) is 18.5 Å². The molecule has 2 heterocycles. The predicted molar refractivity (Wildman–Crippen MR) is 79.1 cm³/mol. The number of methoxy groups -OCH3 is 2. The zero-order chi connectivity index (χ0) is 15.2. The van der Waals surface area contributed by atoms with Crippen molar-refractivity contribution in [2.24, 2.45) is 5.92 Å². The molecule has 2 aliphatic heterocycles. The average Bonchev–Trinajstić information content (AvgIpc) is 2.44. The summed E-state index contributed by atoms with van der Waals surface area (Å²) in [7, 11) is 2.94. The SMILES string of the molecule is COC(=O)[C@@H]1[C@H]2NC(=S)N[C@@]1(C)Oc1c(OC)cccc12. The number of hydrogen-bond donors (Lipinski definition) is 2. The Labute approximate surface area is 127 Å². The maximum Gasteiger partial charge on any atom is 0.317 e. The highest BCUT2D eigenvalue weighted by Gasteiger charge is 2.56. The van der Waals surface area contributed by atoms with Gasteiger partial charge >= 0.3 is 5.97 Å². The van der Waals surface area contributed by atoms with Crippen LogP contribution >= 0.6 is 12.2 Å². The second-order valence-electron chi connectivity index (χ2n) is 5.16. The lowest BCUT2D eigenvalue weighted by Crippen LogP contribution is -2.70. The number of nitrogens with one attached hydrogen (secondary N) is 2. The molecule has 3 rings (SSSR count). The molecule has 2 N–H and O–H groups in total. The van der Waals surface area contributed by atoms with Crippen LogP contribution in [0.5, 0.6) is 11.5 Å². The Kier molecular flexibility index (Phi) is 3.16. The van der Waals surface area contributed by atoms with E-state index in [1.807, 2.05) is 18.2 Å². The van der Waals surface area contributed by atoms with Crippen LogP contribution in [0, 0.1) is 5.92 Å². The zero-order valence-electron chi connectivity index (χ0n) is 11.9. The van der Waals surface area contributed by atoms with E-state index in [9.17, 15) is 4.79 Å². The highest BCUT2D eigenvalue weighted by Crippen LogP contribution is 2.48. The molecule has 0 aliphatic carbocycles. The summed E-state index contributed by atoms with van der Waals surface area (Å²) in [6, 6.07) is 5.23. The molecule has 2 bridgehead atoms. The van der Waals surface area contributed by atoms with E-state index in [4.69, 9.17) is 26.4 Å². The number of esters is 1. The van der Waals surface area contributed by atoms with E-state index in [0.717, 1.165) is 5.56 Å². The first-order chi connectivity index (χ1) is 10.00. The quantitative estimate of drug-likeness (QED) is 0.626. The molecule has 2 aliphatic rings. The number of carbonyl (C=O) groups excluding carboxylic acids is 1. The molecule has 1 saturated heterocycles. The average molecular weight is 308 g/mol. The molecular weight excluding hydrogens is 292 g/mol. The van der Waals surface area contributed by atoms with Gasteiger partial charge < -0.3 is 24.8 Å². The van der Waals surface area contributed by atoms with Gasteiger partial charge in [-0.1, -0.05) is 12.1 Å². The van der Waals surface area contributed by atoms with Crippen molar-refractivity contribution in [3.05, 3.63) is 23.8 Å². The van der Waals surface area contributed by atoms with E-state index < -0.39 is 11.6 Å². The van der Waals surface area contributed by atoms with Gasteiger partial charge in [-0.05, 0) is 25.2 Å². The molecule has 3 atom stereocenters. The zero-order valence-corrected chi connectivity index (χ0v) is 12.7. The number of thiocarbonyl (C=S) groups is 1. The Hall–Kier alpha value is -2.02. The first-order valence-electron chi connectivity index (χ1n) is 6.52. The van der Waals surface area contributed by atoms with Crippen LogP contribution in [0.3, 0.4) is 0 Å². The van der Waals surface area contributed by atoms with Crippen LogP contribution in [0.25, 0.3) is 0 Å². The predicted octanol–water partition coefficient (Wildman–Crippen LogP) is 1.11. The Morgan fingerprint density at radius 3 is 2.86 bits per heavy atom. The Morgan fingerprint density at radius 2 is 2.19 bits per heavy atom. The number of ether oxygens (including phenoxy) is 3. The van der Waals surface area contributed by atoms with Gasteiger partial charge in [0.05, 0.1) is 20.3 Å². The van der Waals surface area contributed by atoms with Gasteiger partial charge in [-0.3, -0.25) is 4.79 Å². The standard InChI is InChI=1S/C14H16N2O4S/c1-14-9(12(17)19-3)10(15-13(21)16-14)7-5-4-6-8(18-2)11(7)20-14/h4-6,9-10H,1-3H3,(H2,15,16,21)/t9-,10-,14-/m0/s1. The molecule has 112 valence electrons. The Balaban J connectivity index is 2.17. The smallest absolute Gasteiger partial charge is 0.317 e. The third-order valence-electron chi connectivity index (χ3n) is 3.91. The van der Waals surface area contributed by atoms with E-state index in [-0.39, 0.29) is 12.0 Å². The number of para-hydroxylation sites is 1. The van der Waals surface area contributed by atoms with Crippen molar-refractivity contribution in [2.45, 2.75) is 18.7 Å². The van der Waals surface area contributed by atoms with Crippen LogP contribution in [0.2, 0.25) is 0 Å². The number of carbonyl (C=O) groups is 1. The van der Waals surface area contributed by atoms with Crippen molar-refractivity contribution >= 4 is 23.3 Å². The minimum absolute atomic E-state index is 0.324. The summed E-state index contributed by atoms with van der Waals surface area (Å²) in [5, 5.41) is 6.59. The van der Waals surface area contributed by atoms with Gasteiger partial charge in [0.2, 0.25) is 0 Å². The fraction of sp³-hybridized carbons (Fsp3) is 0.429. The summed E-state index contributed by atoms with van der Waals surface area (Å²) in [5.74, 6) is 0.297. The maximum atomic E-state index is 12.2. The molecule has 7 heteroatoms. The van der Waals surface area contributed by atoms with Gasteiger partial charge in [0.1, 0.15) is 5.92 Å². The lowest BCUT2D eigenvalue weighted by atomic mass is 9.80. The molecule has 0 radical (unpaired) electrons. The van der Waals surface area contributed by atoms with Crippen molar-refractivity contribution in [3.8, 4) is 11.5 Å². The van der Waals surface area contributed by atoms with Crippen LogP contribution in [-0.2, 0) is 9.53 Å². The Morgan fingerprint density at radius 1 is 1.43 bits per heavy atom. The van der Waals surface area contributed by atoms with Gasteiger partial charge in [-0.25, -0.2) is 0 Å². The first kappa shape index (κ1) is 13.9. The lowest BCUT2D eigenvalue weighted by Gasteiger charge is -2.50. The number of benzene rings is 1. The molecule has 0 spiro atoms. The van der Waals surface area contributed by atoms with Gasteiger partial charge in [-0.15, -0.1) is 0 Å². The van der Waals surface area contributed by atoms with E-state index in [1.165, 1.54) is 7.11 Å². The normalized spacial score (nSPS) is 29.4. The van der Waals surface area contributed by atoms with E-state index in [2.05, 4.69) is 10.6 Å². The molecule has 0 saturated carbocycles. The molecule has 1 aromatic rings. The van der Waals surface area contributed by atoms with Crippen molar-refractivity contribution in [1.29, 1.82) is 0 Å². The third kappa shape index (κ3) is 1.99. The minimum atomic E-state index is -0.984. The summed E-state index contributed by atoms with van der Waals surface area (Å²) in [5.41, 5.74) is -0.159. The van der Waals surface area contributed by atoms with Crippen LogP contribution in [0.4, 0.5) is 0 Å². The molecule has 6 nitrogen and oxygen atoms in total. The summed E-state index contributed by atoms with van der Waals surface area (Å²) in [6.07, 6.45) is 0. The first-order valence-corrected chi connectivity index (χ1v) is 6.93. The highest BCUT2D eigenvalue weighted by molar-refractivity contribution is 7.80. The van der Waals surface area contributed by atoms with E-state index in [1.54, 1.807) is 14.0 Å². The topological polar surface area (TPSA) is 68.8 Å². The van der Waals surface area contributed by atoms with Gasteiger partial charge in [0, 0.05) is 5.56 Å². The van der Waals surface area contributed by atoms with Gasteiger partial charge in [0.15, 0.2) is 22.3 Å². The van der Waals surface area contributed by atoms with Gasteiger partial charge in [-0.2, -0.15) is 0 Å². The lowest BCUT2D eigenvalue weighted by molar-refractivity contribution is -0.159. The fourth-order valence-electron chi connectivity index (χ4n) is 2.98. The third-order valence-corrected chi connectivity index (χ3v) is 4.13. The van der Waals surface area contributed by atoms with Gasteiger partial charge in [0.25, 0.3) is 0 Å². The molecular formula is C14H16N2O4S. The molecule has 1 fully saturated rings. The van der Waals surface area contributed by atoms with Crippen molar-refractivity contribution in [3.63, 3.8) is 0 Å². The second kappa shape index (κ2) is 4.77. The summed E-state index contributed by atoms with van der Waals surface area (Å²) < 4.78 is 16.3. The number of fused-ring (bicyclic) bond motifs is 4. The Bertz CT molecular complexity index is 621. The van der Waals surface area contributed by atoms with Crippen molar-refractivity contribution in [1.82, 2.24) is 10.6 Å². The number of rotatable bonds is 2. The summed E-state index contributed by atoms with van der Waals surface area (Å²) in [4.78, 5) is 12.2. The molecule has 0 aromatic heterocycles. The van der Waals surface area contributed by atoms with E-state index in [0.29, 0.717) is 16.6 Å². The largest absolute Gasteiger partial charge is 0.493 e. The molecule has 21 heavy (non-hydrogen) atoms. The fourth-order valence-corrected chi connectivity index (χ4v) is 3.31. The minimum Gasteiger partial charge on any atom is -0.493 e. The van der Waals surface area contributed by atoms with Crippen molar-refractivity contribution < 1.29 is 19.0 Å². The highest BCUT2D eigenvalue weighted by atomic mass is 32.1. The maximum absolute atomic E-state index is 12.2. The van der Waals surface area contributed by atoms with Crippen LogP contribution in [-0.4, -0.2) is 31.0 Å². The summed E-state index contributed by atoms with van der Waals surface area (Å²) in [6.45, 7) is 1.78. The van der Waals surface area contributed by atoms with Crippen molar-refractivity contribution in [2.75, 3.05) is 14.2 Å². The van der Waals surface area contributed by atoms with Crippen LogP contribution in [0.15, 0.2) is 18.2 Å². The van der Waals surface area contributed by atoms with E-state index >= 15 is 0 Å². The molecule has 0 unspecified atom stereocenters. The molecule has 1 aromatic carbocycles.